The number of pyridine rings is 2. The van der Waals surface area contributed by atoms with E-state index >= 15 is 0 Å². The van der Waals surface area contributed by atoms with Crippen LogP contribution in [0.1, 0.15) is 22.1 Å². The van der Waals surface area contributed by atoms with E-state index in [1.54, 1.807) is 12.4 Å². The molecule has 3 aromatic heterocycles. The van der Waals surface area contributed by atoms with Gasteiger partial charge in [0, 0.05) is 36.4 Å². The number of nitrogens with zero attached hydrogens (tertiary/aromatic N) is 3. The summed E-state index contributed by atoms with van der Waals surface area (Å²) in [5.74, 6) is 0.726. The lowest BCUT2D eigenvalue weighted by Gasteiger charge is -2.04. The van der Waals surface area contributed by atoms with Gasteiger partial charge < -0.3 is 14.5 Å². The van der Waals surface area contributed by atoms with Gasteiger partial charge in [-0.1, -0.05) is 12.1 Å². The second kappa shape index (κ2) is 8.30. The van der Waals surface area contributed by atoms with E-state index in [1.165, 1.54) is 6.26 Å². The van der Waals surface area contributed by atoms with Crippen LogP contribution < -0.4 is 10.1 Å². The first-order valence-corrected chi connectivity index (χ1v) is 8.88. The summed E-state index contributed by atoms with van der Waals surface area (Å²) in [7, 11) is 0. The molecule has 4 rings (SSSR count). The summed E-state index contributed by atoms with van der Waals surface area (Å²) in [6.07, 6.45) is 5.46. The van der Waals surface area contributed by atoms with E-state index in [0.717, 1.165) is 16.6 Å². The maximum absolute atomic E-state index is 12.2. The molecule has 0 aliphatic heterocycles. The molecule has 28 heavy (non-hydrogen) atoms. The number of benzene rings is 1. The molecule has 4 aromatic rings. The summed E-state index contributed by atoms with van der Waals surface area (Å²) in [4.78, 5) is 24.8. The Morgan fingerprint density at radius 2 is 2.00 bits per heavy atom. The molecule has 1 aromatic carbocycles. The van der Waals surface area contributed by atoms with Crippen LogP contribution in [-0.2, 0) is 13.0 Å². The van der Waals surface area contributed by atoms with Gasteiger partial charge in [0.2, 0.25) is 5.89 Å². The third kappa shape index (κ3) is 4.32. The Morgan fingerprint density at radius 1 is 1.07 bits per heavy atom. The maximum atomic E-state index is 12.2. The fraction of sp³-hybridized carbons (Fsp3) is 0.143. The van der Waals surface area contributed by atoms with E-state index in [0.29, 0.717) is 24.6 Å². The minimum atomic E-state index is -0.289. The number of nitrogens with one attached hydrogen (secondary N) is 1. The molecule has 0 radical (unpaired) electrons. The Morgan fingerprint density at radius 3 is 2.89 bits per heavy atom. The molecular weight excluding hydrogens is 356 g/mol. The third-order valence-corrected chi connectivity index (χ3v) is 4.11. The van der Waals surface area contributed by atoms with Crippen LogP contribution in [0, 0.1) is 0 Å². The van der Waals surface area contributed by atoms with Crippen LogP contribution in [0.25, 0.3) is 10.9 Å². The normalized spacial score (nSPS) is 10.7. The first-order chi connectivity index (χ1) is 13.8. The van der Waals surface area contributed by atoms with Gasteiger partial charge in [-0.15, -0.1) is 0 Å². The van der Waals surface area contributed by atoms with Crippen molar-refractivity contribution in [2.45, 2.75) is 13.0 Å². The summed E-state index contributed by atoms with van der Waals surface area (Å²) in [6.45, 7) is 0.604. The number of rotatable bonds is 7. The van der Waals surface area contributed by atoms with Crippen molar-refractivity contribution < 1.29 is 13.9 Å². The summed E-state index contributed by atoms with van der Waals surface area (Å²) < 4.78 is 11.0. The van der Waals surface area contributed by atoms with Crippen molar-refractivity contribution in [3.05, 3.63) is 84.5 Å². The molecule has 0 bridgehead atoms. The third-order valence-electron chi connectivity index (χ3n) is 4.11. The predicted molar refractivity (Wildman–Crippen MR) is 103 cm³/mol. The molecule has 3 heterocycles. The minimum Gasteiger partial charge on any atom is -0.484 e. The molecule has 0 saturated carbocycles. The number of ether oxygens (including phenoxy) is 1. The highest BCUT2D eigenvalue weighted by Crippen LogP contribution is 2.19. The molecule has 140 valence electrons. The Balaban J connectivity index is 1.30. The van der Waals surface area contributed by atoms with Gasteiger partial charge in [-0.05, 0) is 36.4 Å². The molecule has 0 atom stereocenters. The fourth-order valence-electron chi connectivity index (χ4n) is 2.71. The summed E-state index contributed by atoms with van der Waals surface area (Å²) in [5, 5.41) is 3.79. The monoisotopic (exact) mass is 374 g/mol. The van der Waals surface area contributed by atoms with Gasteiger partial charge in [-0.25, -0.2) is 4.98 Å². The van der Waals surface area contributed by atoms with Crippen molar-refractivity contribution in [3.8, 4) is 5.75 Å². The van der Waals surface area contributed by atoms with Crippen LogP contribution in [0.5, 0.6) is 5.75 Å². The van der Waals surface area contributed by atoms with E-state index in [1.807, 2.05) is 48.5 Å². The maximum Gasteiger partial charge on any atom is 0.273 e. The highest BCUT2D eigenvalue weighted by molar-refractivity contribution is 5.91. The molecule has 0 spiro atoms. The van der Waals surface area contributed by atoms with E-state index in [2.05, 4.69) is 20.3 Å². The van der Waals surface area contributed by atoms with Gasteiger partial charge >= 0.3 is 0 Å². The number of carbonyl (C=O) groups excluding carboxylic acids is 1. The molecule has 0 fully saturated rings. The minimum absolute atomic E-state index is 0.132. The van der Waals surface area contributed by atoms with Crippen molar-refractivity contribution in [1.82, 2.24) is 20.3 Å². The molecule has 1 amide bonds. The fourth-order valence-corrected chi connectivity index (χ4v) is 2.71. The Kier molecular flexibility index (Phi) is 5.24. The van der Waals surface area contributed by atoms with Crippen LogP contribution >= 0.6 is 0 Å². The predicted octanol–water partition coefficient (Wildman–Crippen LogP) is 3.17. The Hall–Kier alpha value is -3.74. The van der Waals surface area contributed by atoms with Crippen LogP contribution in [0.3, 0.4) is 0 Å². The van der Waals surface area contributed by atoms with Crippen molar-refractivity contribution >= 4 is 16.8 Å². The highest BCUT2D eigenvalue weighted by atomic mass is 16.5. The van der Waals surface area contributed by atoms with E-state index in [4.69, 9.17) is 9.15 Å². The average molecular weight is 374 g/mol. The number of hydrogen-bond donors (Lipinski definition) is 1. The molecular formula is C21H18N4O3. The first-order valence-electron chi connectivity index (χ1n) is 8.88. The second-order valence-corrected chi connectivity index (χ2v) is 6.10. The molecule has 0 saturated heterocycles. The van der Waals surface area contributed by atoms with Gasteiger partial charge in [0.05, 0.1) is 5.52 Å². The lowest BCUT2D eigenvalue weighted by molar-refractivity contribution is 0.0949. The Labute approximate surface area is 161 Å². The molecule has 7 heteroatoms. The zero-order chi connectivity index (χ0) is 19.2. The zero-order valence-electron chi connectivity index (χ0n) is 15.0. The van der Waals surface area contributed by atoms with E-state index < -0.39 is 0 Å². The molecule has 1 N–H and O–H groups in total. The highest BCUT2D eigenvalue weighted by Gasteiger charge is 2.12. The van der Waals surface area contributed by atoms with Crippen LogP contribution in [0.15, 0.2) is 71.6 Å². The quantitative estimate of drug-likeness (QED) is 0.534. The van der Waals surface area contributed by atoms with Crippen molar-refractivity contribution in [3.63, 3.8) is 0 Å². The van der Waals surface area contributed by atoms with Gasteiger partial charge in [0.15, 0.2) is 12.3 Å². The van der Waals surface area contributed by atoms with E-state index in [9.17, 15) is 4.79 Å². The largest absolute Gasteiger partial charge is 0.484 e. The molecule has 7 nitrogen and oxygen atoms in total. The van der Waals surface area contributed by atoms with Gasteiger partial charge in [-0.3, -0.25) is 14.8 Å². The SMILES string of the molecule is O=C(NCCc1ccccn1)c1coc(COc2ccc3ncccc3c2)n1. The summed E-state index contributed by atoms with van der Waals surface area (Å²) in [6, 6.07) is 15.2. The van der Waals surface area contributed by atoms with Crippen LogP contribution in [0.2, 0.25) is 0 Å². The van der Waals surface area contributed by atoms with Gasteiger partial charge in [0.25, 0.3) is 5.91 Å². The van der Waals surface area contributed by atoms with Gasteiger partial charge in [-0.2, -0.15) is 0 Å². The second-order valence-electron chi connectivity index (χ2n) is 6.10. The number of hydrogen-bond acceptors (Lipinski definition) is 6. The summed E-state index contributed by atoms with van der Waals surface area (Å²) >= 11 is 0. The lowest BCUT2D eigenvalue weighted by atomic mass is 10.2. The topological polar surface area (TPSA) is 90.1 Å². The van der Waals surface area contributed by atoms with Crippen LogP contribution in [-0.4, -0.2) is 27.4 Å². The van der Waals surface area contributed by atoms with Crippen LogP contribution in [0.4, 0.5) is 0 Å². The van der Waals surface area contributed by atoms with E-state index in [-0.39, 0.29) is 18.2 Å². The molecule has 0 unspecified atom stereocenters. The zero-order valence-corrected chi connectivity index (χ0v) is 15.0. The molecule has 0 aliphatic carbocycles. The number of fused-ring (bicyclic) bond motifs is 1. The summed E-state index contributed by atoms with van der Waals surface area (Å²) in [5.41, 5.74) is 2.04. The number of oxazole rings is 1. The number of carbonyl (C=O) groups is 1. The van der Waals surface area contributed by atoms with Crippen molar-refractivity contribution in [2.24, 2.45) is 0 Å². The standard InChI is InChI=1S/C21H18N4O3/c26-21(24-11-8-16-5-1-2-9-22-16)19-13-28-20(25-19)14-27-17-6-7-18-15(12-17)4-3-10-23-18/h1-7,9-10,12-13H,8,11,14H2,(H,24,26). The number of amides is 1. The lowest BCUT2D eigenvalue weighted by Crippen LogP contribution is -2.26. The average Bonchev–Trinajstić information content (AvgIpc) is 3.22. The van der Waals surface area contributed by atoms with Crippen molar-refractivity contribution in [2.75, 3.05) is 6.54 Å². The first kappa shape index (κ1) is 17.7. The van der Waals surface area contributed by atoms with Gasteiger partial charge in [0.1, 0.15) is 12.0 Å². The Bertz CT molecular complexity index is 1080. The van der Waals surface area contributed by atoms with Crippen molar-refractivity contribution in [1.29, 1.82) is 0 Å². The molecule has 0 aliphatic rings. The smallest absolute Gasteiger partial charge is 0.273 e. The number of aromatic nitrogens is 3.